The molecular weight excluding hydrogens is 166 g/mol. The summed E-state index contributed by atoms with van der Waals surface area (Å²) < 4.78 is 0. The van der Waals surface area contributed by atoms with E-state index in [2.05, 4.69) is 0 Å². The van der Waals surface area contributed by atoms with E-state index in [0.717, 1.165) is 0 Å². The van der Waals surface area contributed by atoms with Gasteiger partial charge >= 0.3 is 0 Å². The van der Waals surface area contributed by atoms with Crippen LogP contribution in [-0.4, -0.2) is 35.6 Å². The van der Waals surface area contributed by atoms with E-state index in [-0.39, 0.29) is 24.0 Å². The van der Waals surface area contributed by atoms with Gasteiger partial charge in [0.15, 0.2) is 0 Å². The Kier molecular flexibility index (Phi) is 4.40. The van der Waals surface area contributed by atoms with E-state index in [1.54, 1.807) is 11.9 Å². The number of nitrogens with zero attached hydrogens (tertiary/aromatic N) is 1. The summed E-state index contributed by atoms with van der Waals surface area (Å²) in [4.78, 5) is 13.0. The molecule has 0 aliphatic carbocycles. The highest BCUT2D eigenvalue weighted by atomic mass is 16.3. The smallest absolute Gasteiger partial charge is 0.222 e. The van der Waals surface area contributed by atoms with Gasteiger partial charge < -0.3 is 10.0 Å². The Morgan fingerprint density at radius 3 is 2.15 bits per heavy atom. The minimum absolute atomic E-state index is 0.0196. The number of rotatable bonds is 3. The van der Waals surface area contributed by atoms with Crippen molar-refractivity contribution in [1.29, 1.82) is 0 Å². The summed E-state index contributed by atoms with van der Waals surface area (Å²) in [5, 5.41) is 9.18. The van der Waals surface area contributed by atoms with Crippen LogP contribution in [-0.2, 0) is 4.79 Å². The lowest BCUT2D eigenvalue weighted by atomic mass is 9.86. The maximum Gasteiger partial charge on any atom is 0.222 e. The second-order valence-electron chi connectivity index (χ2n) is 4.42. The topological polar surface area (TPSA) is 40.5 Å². The zero-order chi connectivity index (χ0) is 10.6. The molecule has 0 fully saturated rings. The molecule has 78 valence electrons. The van der Waals surface area contributed by atoms with Crippen molar-refractivity contribution >= 4 is 5.91 Å². The molecule has 0 aliphatic rings. The van der Waals surface area contributed by atoms with Crippen LogP contribution in [0.5, 0.6) is 0 Å². The molecule has 13 heavy (non-hydrogen) atoms. The van der Waals surface area contributed by atoms with Crippen LogP contribution in [0, 0.1) is 5.41 Å². The lowest BCUT2D eigenvalue weighted by Crippen LogP contribution is -2.47. The Bertz CT molecular complexity index is 172. The fourth-order valence-electron chi connectivity index (χ4n) is 1.40. The molecule has 0 radical (unpaired) electrons. The van der Waals surface area contributed by atoms with Crippen molar-refractivity contribution in [2.24, 2.45) is 5.41 Å². The third-order valence-electron chi connectivity index (χ3n) is 2.34. The van der Waals surface area contributed by atoms with Crippen molar-refractivity contribution in [1.82, 2.24) is 4.90 Å². The predicted octanol–water partition coefficient (Wildman–Crippen LogP) is 1.26. The number of hydrogen-bond donors (Lipinski definition) is 1. The Balaban J connectivity index is 4.50. The molecule has 0 aromatic carbocycles. The van der Waals surface area contributed by atoms with Gasteiger partial charge in [0.05, 0.1) is 12.6 Å². The van der Waals surface area contributed by atoms with Gasteiger partial charge in [-0.2, -0.15) is 0 Å². The van der Waals surface area contributed by atoms with Gasteiger partial charge in [-0.3, -0.25) is 4.79 Å². The van der Waals surface area contributed by atoms with E-state index < -0.39 is 0 Å². The van der Waals surface area contributed by atoms with Gasteiger partial charge in [0.25, 0.3) is 0 Å². The Hall–Kier alpha value is -0.570. The van der Waals surface area contributed by atoms with E-state index >= 15 is 0 Å². The zero-order valence-corrected chi connectivity index (χ0v) is 9.29. The third-order valence-corrected chi connectivity index (χ3v) is 2.34. The van der Waals surface area contributed by atoms with Crippen LogP contribution in [0.25, 0.3) is 0 Å². The quantitative estimate of drug-likeness (QED) is 0.722. The summed E-state index contributed by atoms with van der Waals surface area (Å²) in [6, 6.07) is -0.0973. The van der Waals surface area contributed by atoms with Crippen LogP contribution in [0.15, 0.2) is 0 Å². The number of carbonyl (C=O) groups is 1. The lowest BCUT2D eigenvalue weighted by Gasteiger charge is -2.36. The van der Waals surface area contributed by atoms with Crippen molar-refractivity contribution in [2.75, 3.05) is 13.7 Å². The zero-order valence-electron chi connectivity index (χ0n) is 9.29. The first-order valence-electron chi connectivity index (χ1n) is 4.71. The van der Waals surface area contributed by atoms with Gasteiger partial charge in [0, 0.05) is 13.5 Å². The first-order valence-corrected chi connectivity index (χ1v) is 4.71. The molecule has 3 heteroatoms. The van der Waals surface area contributed by atoms with Crippen LogP contribution in [0.2, 0.25) is 0 Å². The predicted molar refractivity (Wildman–Crippen MR) is 53.4 cm³/mol. The molecule has 1 amide bonds. The summed E-state index contributed by atoms with van der Waals surface area (Å²) in [6.07, 6.45) is 0.489. The second kappa shape index (κ2) is 4.61. The van der Waals surface area contributed by atoms with Gasteiger partial charge in [0.2, 0.25) is 5.91 Å². The third kappa shape index (κ3) is 3.35. The van der Waals surface area contributed by atoms with E-state index in [0.29, 0.717) is 6.42 Å². The Morgan fingerprint density at radius 2 is 1.92 bits per heavy atom. The summed E-state index contributed by atoms with van der Waals surface area (Å²) in [6.45, 7) is 7.91. The van der Waals surface area contributed by atoms with Crippen molar-refractivity contribution in [3.05, 3.63) is 0 Å². The van der Waals surface area contributed by atoms with E-state index in [1.165, 1.54) is 0 Å². The molecule has 0 aromatic rings. The fourth-order valence-corrected chi connectivity index (χ4v) is 1.40. The fraction of sp³-hybridized carbons (Fsp3) is 0.900. The molecule has 0 saturated heterocycles. The SMILES string of the molecule is CCC(=O)N(C)[C@H](CO)C(C)(C)C. The molecular formula is C10H21NO2. The first kappa shape index (κ1) is 12.4. The summed E-state index contributed by atoms with van der Waals surface area (Å²) in [7, 11) is 1.75. The highest BCUT2D eigenvalue weighted by Gasteiger charge is 2.29. The van der Waals surface area contributed by atoms with Gasteiger partial charge in [-0.15, -0.1) is 0 Å². The Labute approximate surface area is 80.7 Å². The highest BCUT2D eigenvalue weighted by molar-refractivity contribution is 5.75. The molecule has 0 heterocycles. The average molecular weight is 187 g/mol. The number of amides is 1. The van der Waals surface area contributed by atoms with Crippen LogP contribution < -0.4 is 0 Å². The molecule has 0 unspecified atom stereocenters. The first-order chi connectivity index (χ1) is 5.84. The monoisotopic (exact) mass is 187 g/mol. The van der Waals surface area contributed by atoms with E-state index in [9.17, 15) is 9.90 Å². The van der Waals surface area contributed by atoms with E-state index in [4.69, 9.17) is 0 Å². The molecule has 3 nitrogen and oxygen atoms in total. The minimum Gasteiger partial charge on any atom is -0.394 e. The van der Waals surface area contributed by atoms with Crippen LogP contribution >= 0.6 is 0 Å². The number of carbonyl (C=O) groups excluding carboxylic acids is 1. The molecule has 0 aliphatic heterocycles. The van der Waals surface area contributed by atoms with Crippen molar-refractivity contribution in [3.8, 4) is 0 Å². The molecule has 1 atom stereocenters. The van der Waals surface area contributed by atoms with Gasteiger partial charge in [0.1, 0.15) is 0 Å². The van der Waals surface area contributed by atoms with E-state index in [1.807, 2.05) is 27.7 Å². The molecule has 0 saturated carbocycles. The van der Waals surface area contributed by atoms with Gasteiger partial charge in [-0.1, -0.05) is 27.7 Å². The Morgan fingerprint density at radius 1 is 1.46 bits per heavy atom. The van der Waals surface area contributed by atoms with Crippen LogP contribution in [0.1, 0.15) is 34.1 Å². The second-order valence-corrected chi connectivity index (χ2v) is 4.42. The van der Waals surface area contributed by atoms with Crippen molar-refractivity contribution in [3.63, 3.8) is 0 Å². The number of likely N-dealkylation sites (N-methyl/N-ethyl adjacent to an activating group) is 1. The maximum absolute atomic E-state index is 11.4. The number of hydrogen-bond acceptors (Lipinski definition) is 2. The van der Waals surface area contributed by atoms with Crippen LogP contribution in [0.3, 0.4) is 0 Å². The summed E-state index contributed by atoms with van der Waals surface area (Å²) in [5.74, 6) is 0.0778. The molecule has 0 bridgehead atoms. The molecule has 0 aromatic heterocycles. The van der Waals surface area contributed by atoms with Gasteiger partial charge in [-0.25, -0.2) is 0 Å². The lowest BCUT2D eigenvalue weighted by molar-refractivity contribution is -0.135. The van der Waals surface area contributed by atoms with Crippen LogP contribution in [0.4, 0.5) is 0 Å². The summed E-state index contributed by atoms with van der Waals surface area (Å²) in [5.41, 5.74) is -0.0751. The van der Waals surface area contributed by atoms with Crippen molar-refractivity contribution < 1.29 is 9.90 Å². The standard InChI is InChI=1S/C10H21NO2/c1-6-9(13)11(5)8(7-12)10(2,3)4/h8,12H,6-7H2,1-5H3/t8-/m1/s1. The summed E-state index contributed by atoms with van der Waals surface area (Å²) >= 11 is 0. The maximum atomic E-state index is 11.4. The number of aliphatic hydroxyl groups is 1. The normalized spacial score (nSPS) is 14.0. The van der Waals surface area contributed by atoms with Gasteiger partial charge in [-0.05, 0) is 5.41 Å². The number of aliphatic hydroxyl groups excluding tert-OH is 1. The minimum atomic E-state index is -0.0973. The largest absolute Gasteiger partial charge is 0.394 e. The average Bonchev–Trinajstić information content (AvgIpc) is 2.01. The molecule has 0 rings (SSSR count). The highest BCUT2D eigenvalue weighted by Crippen LogP contribution is 2.23. The van der Waals surface area contributed by atoms with Crippen molar-refractivity contribution in [2.45, 2.75) is 40.2 Å². The molecule has 0 spiro atoms. The molecule has 1 N–H and O–H groups in total.